The molecule has 2 saturated heterocycles. The van der Waals surface area contributed by atoms with Crippen LogP contribution in [0.5, 0.6) is 0 Å². The van der Waals surface area contributed by atoms with Crippen molar-refractivity contribution in [2.24, 2.45) is 7.05 Å². The van der Waals surface area contributed by atoms with Crippen LogP contribution in [-0.2, 0) is 16.5 Å². The number of carbonyl (C=O) groups is 1. The zero-order chi connectivity index (χ0) is 15.5. The fourth-order valence-corrected chi connectivity index (χ4v) is 3.30. The van der Waals surface area contributed by atoms with Gasteiger partial charge in [0.15, 0.2) is 0 Å². The molecule has 3 heterocycles. The number of hydrogen-bond acceptors (Lipinski definition) is 5. The van der Waals surface area contributed by atoms with E-state index in [1.807, 2.05) is 11.9 Å². The third kappa shape index (κ3) is 3.16. The van der Waals surface area contributed by atoms with Gasteiger partial charge in [0.25, 0.3) is 5.91 Å². The van der Waals surface area contributed by atoms with E-state index in [0.717, 1.165) is 32.7 Å². The van der Waals surface area contributed by atoms with E-state index >= 15 is 0 Å². The normalized spacial score (nSPS) is 26.0. The monoisotopic (exact) mass is 308 g/mol. The first-order valence-electron chi connectivity index (χ1n) is 7.81. The number of rotatable bonds is 4. The molecule has 1 aromatic rings. The number of morpholine rings is 1. The third-order valence-corrected chi connectivity index (χ3v) is 4.49. The topological polar surface area (TPSA) is 59.8 Å². The zero-order valence-electron chi connectivity index (χ0n) is 13.3. The summed E-state index contributed by atoms with van der Waals surface area (Å²) in [5, 5.41) is 0. The number of piperidine rings is 1. The minimum absolute atomic E-state index is 0.0105. The average Bonchev–Trinajstić information content (AvgIpc) is 2.98. The van der Waals surface area contributed by atoms with Crippen molar-refractivity contribution in [3.05, 3.63) is 18.2 Å². The van der Waals surface area contributed by atoms with Crippen molar-refractivity contribution in [3.8, 4) is 0 Å². The van der Waals surface area contributed by atoms with E-state index in [4.69, 9.17) is 9.47 Å². The first-order chi connectivity index (χ1) is 10.7. The molecule has 0 aliphatic carbocycles. The molecule has 1 aromatic heterocycles. The van der Waals surface area contributed by atoms with Crippen molar-refractivity contribution < 1.29 is 14.3 Å². The minimum atomic E-state index is 0.0105. The Hall–Kier alpha value is -1.44. The fourth-order valence-electron chi connectivity index (χ4n) is 3.30. The molecule has 0 unspecified atom stereocenters. The Morgan fingerprint density at radius 3 is 3.09 bits per heavy atom. The number of aryl methyl sites for hydroxylation is 1. The molecule has 2 aliphatic rings. The average molecular weight is 308 g/mol. The van der Waals surface area contributed by atoms with Crippen LogP contribution in [0.4, 0.5) is 0 Å². The SMILES string of the molecule is COCCN1CCO[C@@H]2CCN(C(=O)c3cn(C)cn3)C[C@H]21. The van der Waals surface area contributed by atoms with Gasteiger partial charge in [0.1, 0.15) is 5.69 Å². The van der Waals surface area contributed by atoms with Gasteiger partial charge in [-0.3, -0.25) is 9.69 Å². The summed E-state index contributed by atoms with van der Waals surface area (Å²) < 4.78 is 12.9. The maximum Gasteiger partial charge on any atom is 0.274 e. The number of nitrogens with zero attached hydrogens (tertiary/aromatic N) is 4. The Balaban J connectivity index is 1.67. The number of hydrogen-bond donors (Lipinski definition) is 0. The summed E-state index contributed by atoms with van der Waals surface area (Å²) in [4.78, 5) is 21.0. The predicted molar refractivity (Wildman–Crippen MR) is 80.7 cm³/mol. The van der Waals surface area contributed by atoms with Crippen LogP contribution in [0.3, 0.4) is 0 Å². The highest BCUT2D eigenvalue weighted by Gasteiger charge is 2.38. The van der Waals surface area contributed by atoms with Crippen LogP contribution in [0.1, 0.15) is 16.9 Å². The number of amides is 1. The van der Waals surface area contributed by atoms with Crippen molar-refractivity contribution in [2.75, 3.05) is 46.5 Å². The molecule has 7 nitrogen and oxygen atoms in total. The number of likely N-dealkylation sites (tertiary alicyclic amines) is 1. The Bertz CT molecular complexity index is 519. The fraction of sp³-hybridized carbons (Fsp3) is 0.733. The lowest BCUT2D eigenvalue weighted by Crippen LogP contribution is -2.61. The lowest BCUT2D eigenvalue weighted by atomic mass is 9.98. The summed E-state index contributed by atoms with van der Waals surface area (Å²) in [5.74, 6) is 0.0105. The molecule has 2 atom stereocenters. The summed E-state index contributed by atoms with van der Waals surface area (Å²) in [6, 6.07) is 0.255. The second-order valence-corrected chi connectivity index (χ2v) is 5.97. The molecule has 122 valence electrons. The van der Waals surface area contributed by atoms with E-state index in [2.05, 4.69) is 9.88 Å². The molecule has 0 N–H and O–H groups in total. The maximum absolute atomic E-state index is 12.6. The highest BCUT2D eigenvalue weighted by atomic mass is 16.5. The molecule has 2 fully saturated rings. The van der Waals surface area contributed by atoms with Gasteiger partial charge in [-0.25, -0.2) is 4.98 Å². The van der Waals surface area contributed by atoms with E-state index < -0.39 is 0 Å². The number of ether oxygens (including phenoxy) is 2. The molecule has 7 heteroatoms. The zero-order valence-corrected chi connectivity index (χ0v) is 13.3. The summed E-state index contributed by atoms with van der Waals surface area (Å²) in [6.45, 7) is 4.68. The van der Waals surface area contributed by atoms with Gasteiger partial charge >= 0.3 is 0 Å². The summed E-state index contributed by atoms with van der Waals surface area (Å²) in [7, 11) is 3.59. The van der Waals surface area contributed by atoms with Gasteiger partial charge in [-0.15, -0.1) is 0 Å². The Kier molecular flexibility index (Phi) is 4.75. The first-order valence-corrected chi connectivity index (χ1v) is 7.81. The molecule has 0 bridgehead atoms. The van der Waals surface area contributed by atoms with Gasteiger partial charge in [0.2, 0.25) is 0 Å². The van der Waals surface area contributed by atoms with E-state index in [1.165, 1.54) is 0 Å². The molecule has 22 heavy (non-hydrogen) atoms. The number of carbonyl (C=O) groups excluding carboxylic acids is 1. The van der Waals surface area contributed by atoms with Crippen LogP contribution < -0.4 is 0 Å². The predicted octanol–water partition coefficient (Wildman–Crippen LogP) is -0.0182. The standard InChI is InChI=1S/C15H24N4O3/c1-17-9-12(16-11-17)15(20)19-4-3-14-13(10-19)18(5-7-21-2)6-8-22-14/h9,11,13-14H,3-8,10H2,1-2H3/t13-,14-/m1/s1. The third-order valence-electron chi connectivity index (χ3n) is 4.49. The van der Waals surface area contributed by atoms with Crippen LogP contribution in [0.25, 0.3) is 0 Å². The molecular weight excluding hydrogens is 284 g/mol. The molecule has 2 aliphatic heterocycles. The maximum atomic E-state index is 12.6. The van der Waals surface area contributed by atoms with Gasteiger partial charge < -0.3 is 18.9 Å². The molecule has 0 saturated carbocycles. The van der Waals surface area contributed by atoms with Crippen LogP contribution in [-0.4, -0.2) is 83.9 Å². The second-order valence-electron chi connectivity index (χ2n) is 5.97. The number of aromatic nitrogens is 2. The Labute approximate surface area is 130 Å². The van der Waals surface area contributed by atoms with E-state index in [9.17, 15) is 4.79 Å². The smallest absolute Gasteiger partial charge is 0.274 e. The molecular formula is C15H24N4O3. The lowest BCUT2D eigenvalue weighted by Gasteiger charge is -2.46. The largest absolute Gasteiger partial charge is 0.383 e. The van der Waals surface area contributed by atoms with Crippen LogP contribution in [0, 0.1) is 0 Å². The quantitative estimate of drug-likeness (QED) is 0.782. The lowest BCUT2D eigenvalue weighted by molar-refractivity contribution is -0.101. The number of imidazole rings is 1. The molecule has 0 radical (unpaired) electrons. The summed E-state index contributed by atoms with van der Waals surface area (Å²) in [6.07, 6.45) is 4.54. The highest BCUT2D eigenvalue weighted by Crippen LogP contribution is 2.23. The first kappa shape index (κ1) is 15.5. The van der Waals surface area contributed by atoms with E-state index in [-0.39, 0.29) is 18.1 Å². The Morgan fingerprint density at radius 2 is 2.36 bits per heavy atom. The summed E-state index contributed by atoms with van der Waals surface area (Å²) >= 11 is 0. The van der Waals surface area contributed by atoms with Gasteiger partial charge in [0, 0.05) is 46.5 Å². The molecule has 0 spiro atoms. The van der Waals surface area contributed by atoms with Crippen molar-refractivity contribution >= 4 is 5.91 Å². The number of fused-ring (bicyclic) bond motifs is 1. The van der Waals surface area contributed by atoms with Crippen molar-refractivity contribution in [1.29, 1.82) is 0 Å². The van der Waals surface area contributed by atoms with Crippen molar-refractivity contribution in [2.45, 2.75) is 18.6 Å². The van der Waals surface area contributed by atoms with E-state index in [0.29, 0.717) is 18.8 Å². The van der Waals surface area contributed by atoms with Crippen molar-refractivity contribution in [1.82, 2.24) is 19.4 Å². The molecule has 0 aromatic carbocycles. The van der Waals surface area contributed by atoms with Crippen molar-refractivity contribution in [3.63, 3.8) is 0 Å². The minimum Gasteiger partial charge on any atom is -0.383 e. The molecule has 1 amide bonds. The van der Waals surface area contributed by atoms with Crippen LogP contribution in [0.15, 0.2) is 12.5 Å². The Morgan fingerprint density at radius 1 is 1.50 bits per heavy atom. The van der Waals surface area contributed by atoms with Gasteiger partial charge in [-0.05, 0) is 6.42 Å². The summed E-state index contributed by atoms with van der Waals surface area (Å²) in [5.41, 5.74) is 0.515. The number of methoxy groups -OCH3 is 1. The van der Waals surface area contributed by atoms with Gasteiger partial charge in [0.05, 0.1) is 31.7 Å². The van der Waals surface area contributed by atoms with Gasteiger partial charge in [-0.1, -0.05) is 0 Å². The van der Waals surface area contributed by atoms with Gasteiger partial charge in [-0.2, -0.15) is 0 Å². The molecule has 3 rings (SSSR count). The second kappa shape index (κ2) is 6.76. The highest BCUT2D eigenvalue weighted by molar-refractivity contribution is 5.92. The van der Waals surface area contributed by atoms with Crippen LogP contribution in [0.2, 0.25) is 0 Å². The van der Waals surface area contributed by atoms with E-state index in [1.54, 1.807) is 24.2 Å². The van der Waals surface area contributed by atoms with Crippen LogP contribution >= 0.6 is 0 Å².